The van der Waals surface area contributed by atoms with Crippen LogP contribution in [-0.4, -0.2) is 68.3 Å². The fraction of sp³-hybridized carbons (Fsp3) is 0.844. The summed E-state index contributed by atoms with van der Waals surface area (Å²) in [7, 11) is 0. The fourth-order valence-electron chi connectivity index (χ4n) is 6.00. The van der Waals surface area contributed by atoms with Crippen LogP contribution in [0, 0.1) is 0 Å². The molecule has 2 saturated heterocycles. The van der Waals surface area contributed by atoms with Gasteiger partial charge in [-0.1, -0.05) is 6.08 Å². The van der Waals surface area contributed by atoms with Gasteiger partial charge in [-0.2, -0.15) is 0 Å². The number of carbonyl (C=O) groups excluding carboxylic acids is 1. The molecule has 0 bridgehead atoms. The summed E-state index contributed by atoms with van der Waals surface area (Å²) >= 11 is -2.20. The maximum absolute atomic E-state index is 11.8. The van der Waals surface area contributed by atoms with Gasteiger partial charge in [-0.05, 0) is 6.42 Å². The van der Waals surface area contributed by atoms with E-state index in [9.17, 15) is 4.79 Å². The van der Waals surface area contributed by atoms with Crippen molar-refractivity contribution in [1.82, 2.24) is 0 Å². The Morgan fingerprint density at radius 3 is 2.18 bits per heavy atom. The number of ether oxygens (including phenoxy) is 5. The first-order valence-electron chi connectivity index (χ1n) is 16.0. The number of hydrogen-bond acceptors (Lipinski definition) is 6. The molecule has 2 aliphatic heterocycles. The van der Waals surface area contributed by atoms with Gasteiger partial charge in [0.1, 0.15) is 0 Å². The van der Waals surface area contributed by atoms with Crippen molar-refractivity contribution in [3.8, 4) is 0 Å². The van der Waals surface area contributed by atoms with Crippen LogP contribution in [0.5, 0.6) is 0 Å². The standard InChI is InChI=1S/C20H31O6.3C4H9.Sn/c1-4-12-22-17-8-6-14-24-18(17)10-11-20(25-15(3)21)26-19-9-7-13-23-16(19)5-2;3*1-3-4-2;/h4-5,12,16-20H,1-2,6-11,13-14H2,3H3;3*1,3-4H2,2H3;/b12-4-;;;;/t16-,17-,18+,19+,20?;;;;/m0..../s1. The van der Waals surface area contributed by atoms with Gasteiger partial charge < -0.3 is 4.74 Å². The molecule has 0 aromatic heterocycles. The molecule has 0 saturated carbocycles. The molecule has 7 heteroatoms. The molecule has 0 aliphatic carbocycles. The predicted octanol–water partition coefficient (Wildman–Crippen LogP) is 8.33. The third-order valence-electron chi connectivity index (χ3n) is 8.31. The van der Waals surface area contributed by atoms with Crippen molar-refractivity contribution in [1.29, 1.82) is 0 Å². The Balaban J connectivity index is 1.96. The maximum atomic E-state index is 11.8. The Morgan fingerprint density at radius 2 is 1.59 bits per heavy atom. The second kappa shape index (κ2) is 20.3. The summed E-state index contributed by atoms with van der Waals surface area (Å²) in [6, 6.07) is 0. The van der Waals surface area contributed by atoms with Crippen molar-refractivity contribution >= 4 is 24.3 Å². The molecule has 5 atom stereocenters. The Kier molecular flexibility index (Phi) is 18.1. The SMILES string of the molecule is C=C[C@@H]1OCCC[C@H]1OC(CC[C@H]1OCCC[C@@H]1O/C=C\[CH2][Sn]([CH2]CCC)([CH2]CCC)[CH2]CCC)OC(C)=O. The van der Waals surface area contributed by atoms with Gasteiger partial charge in [-0.3, -0.25) is 0 Å². The number of hydrogen-bond donors (Lipinski definition) is 0. The molecular weight excluding hydrogens is 599 g/mol. The van der Waals surface area contributed by atoms with Crippen molar-refractivity contribution in [2.24, 2.45) is 0 Å². The summed E-state index contributed by atoms with van der Waals surface area (Å²) in [5, 5.41) is 0. The Labute approximate surface area is 243 Å². The van der Waals surface area contributed by atoms with E-state index in [1.807, 2.05) is 6.26 Å². The number of unbranched alkanes of at least 4 members (excludes halogenated alkanes) is 3. The van der Waals surface area contributed by atoms with Crippen molar-refractivity contribution in [2.75, 3.05) is 13.2 Å². The van der Waals surface area contributed by atoms with E-state index in [0.717, 1.165) is 38.7 Å². The van der Waals surface area contributed by atoms with Gasteiger partial charge in [0.2, 0.25) is 0 Å². The minimum absolute atomic E-state index is 0.0263. The molecule has 0 amide bonds. The molecule has 6 nitrogen and oxygen atoms in total. The molecule has 0 spiro atoms. The summed E-state index contributed by atoms with van der Waals surface area (Å²) in [6.45, 7) is 13.7. The summed E-state index contributed by atoms with van der Waals surface area (Å²) < 4.78 is 35.9. The molecule has 1 unspecified atom stereocenters. The van der Waals surface area contributed by atoms with Gasteiger partial charge in [-0.15, -0.1) is 6.58 Å². The van der Waals surface area contributed by atoms with Gasteiger partial charge in [0, 0.05) is 6.61 Å². The predicted molar refractivity (Wildman–Crippen MR) is 162 cm³/mol. The molecule has 2 rings (SSSR count). The van der Waals surface area contributed by atoms with Crippen LogP contribution in [-0.2, 0) is 28.5 Å². The summed E-state index contributed by atoms with van der Waals surface area (Å²) in [4.78, 5) is 11.8. The van der Waals surface area contributed by atoms with E-state index < -0.39 is 24.7 Å². The normalized spacial score (nSPS) is 24.9. The Hall–Kier alpha value is -0.571. The molecule has 0 aromatic carbocycles. The van der Waals surface area contributed by atoms with Gasteiger partial charge in [0.05, 0.1) is 0 Å². The van der Waals surface area contributed by atoms with Crippen LogP contribution in [0.15, 0.2) is 25.0 Å². The molecule has 0 N–H and O–H groups in total. The molecule has 0 radical (unpaired) electrons. The van der Waals surface area contributed by atoms with Crippen LogP contribution in [0.2, 0.25) is 17.7 Å². The zero-order chi connectivity index (χ0) is 28.3. The van der Waals surface area contributed by atoms with Gasteiger partial charge >= 0.3 is 214 Å². The van der Waals surface area contributed by atoms with E-state index in [4.69, 9.17) is 23.7 Å². The number of carbonyl (C=O) groups is 1. The summed E-state index contributed by atoms with van der Waals surface area (Å²) in [5.74, 6) is -0.337. The number of allylic oxidation sites excluding steroid dienone is 1. The third kappa shape index (κ3) is 13.3. The van der Waals surface area contributed by atoms with Gasteiger partial charge in [-0.25, -0.2) is 0 Å². The third-order valence-corrected chi connectivity index (χ3v) is 23.6. The zero-order valence-electron chi connectivity index (χ0n) is 25.5. The molecule has 2 heterocycles. The monoisotopic (exact) mass is 658 g/mol. The van der Waals surface area contributed by atoms with Crippen molar-refractivity contribution in [2.45, 2.75) is 153 Å². The van der Waals surface area contributed by atoms with E-state index in [-0.39, 0.29) is 30.4 Å². The summed E-state index contributed by atoms with van der Waals surface area (Å²) in [6.07, 6.45) is 18.4. The van der Waals surface area contributed by atoms with E-state index in [0.29, 0.717) is 13.0 Å². The van der Waals surface area contributed by atoms with Crippen molar-refractivity contribution < 1.29 is 28.5 Å². The Bertz CT molecular complexity index is 676. The average molecular weight is 658 g/mol. The van der Waals surface area contributed by atoms with Crippen LogP contribution in [0.4, 0.5) is 0 Å². The quantitative estimate of drug-likeness (QED) is 0.0432. The van der Waals surface area contributed by atoms with Crippen LogP contribution < -0.4 is 0 Å². The second-order valence-corrected chi connectivity index (χ2v) is 25.6. The van der Waals surface area contributed by atoms with E-state index >= 15 is 0 Å². The zero-order valence-corrected chi connectivity index (χ0v) is 28.4. The van der Waals surface area contributed by atoms with Gasteiger partial charge in [0.15, 0.2) is 0 Å². The minimum atomic E-state index is -2.20. The Morgan fingerprint density at radius 1 is 0.974 bits per heavy atom. The molecule has 0 aromatic rings. The van der Waals surface area contributed by atoms with Crippen LogP contribution in [0.25, 0.3) is 0 Å². The van der Waals surface area contributed by atoms with Crippen molar-refractivity contribution in [3.05, 3.63) is 25.0 Å². The van der Waals surface area contributed by atoms with E-state index in [2.05, 4.69) is 33.4 Å². The molecule has 2 aliphatic rings. The fourth-order valence-corrected chi connectivity index (χ4v) is 21.0. The van der Waals surface area contributed by atoms with Crippen LogP contribution in [0.1, 0.15) is 105 Å². The van der Waals surface area contributed by atoms with Gasteiger partial charge in [0.25, 0.3) is 0 Å². The first-order chi connectivity index (χ1) is 19.0. The topological polar surface area (TPSA) is 63.2 Å². The molecule has 2 fully saturated rings. The summed E-state index contributed by atoms with van der Waals surface area (Å²) in [5.41, 5.74) is 0. The second-order valence-electron chi connectivity index (χ2n) is 11.6. The van der Waals surface area contributed by atoms with Crippen molar-refractivity contribution in [3.63, 3.8) is 0 Å². The first kappa shape index (κ1) is 34.6. The first-order valence-corrected chi connectivity index (χ1v) is 24.0. The molecule has 226 valence electrons. The van der Waals surface area contributed by atoms with E-state index in [1.165, 1.54) is 63.2 Å². The van der Waals surface area contributed by atoms with E-state index in [1.54, 1.807) is 6.08 Å². The average Bonchev–Trinajstić information content (AvgIpc) is 2.95. The number of rotatable bonds is 20. The number of esters is 1. The molecule has 39 heavy (non-hydrogen) atoms. The molecular formula is C32H58O6Sn. The van der Waals surface area contributed by atoms with Crippen LogP contribution in [0.3, 0.4) is 0 Å². The van der Waals surface area contributed by atoms with Crippen LogP contribution >= 0.6 is 0 Å².